The SMILES string of the molecule is COCCCNc1nc2ccccc2nc1/C=C/c1ccc(OC)cc1. The molecule has 0 amide bonds. The van der Waals surface area contributed by atoms with Gasteiger partial charge in [0.05, 0.1) is 18.1 Å². The van der Waals surface area contributed by atoms with Crippen molar-refractivity contribution >= 4 is 29.0 Å². The highest BCUT2D eigenvalue weighted by Crippen LogP contribution is 2.20. The van der Waals surface area contributed by atoms with Crippen LogP contribution in [-0.2, 0) is 4.74 Å². The van der Waals surface area contributed by atoms with Crippen molar-refractivity contribution in [2.45, 2.75) is 6.42 Å². The third kappa shape index (κ3) is 4.58. The van der Waals surface area contributed by atoms with Gasteiger partial charge in [0, 0.05) is 20.3 Å². The largest absolute Gasteiger partial charge is 0.497 e. The molecule has 1 aromatic heterocycles. The summed E-state index contributed by atoms with van der Waals surface area (Å²) < 4.78 is 10.3. The van der Waals surface area contributed by atoms with Gasteiger partial charge in [0.15, 0.2) is 5.82 Å². The van der Waals surface area contributed by atoms with Gasteiger partial charge in [0.2, 0.25) is 0 Å². The van der Waals surface area contributed by atoms with E-state index in [0.717, 1.165) is 46.8 Å². The van der Waals surface area contributed by atoms with Gasteiger partial charge in [-0.05, 0) is 42.3 Å². The molecule has 134 valence electrons. The van der Waals surface area contributed by atoms with Gasteiger partial charge in [-0.2, -0.15) is 0 Å². The summed E-state index contributed by atoms with van der Waals surface area (Å²) in [5, 5.41) is 3.37. The van der Waals surface area contributed by atoms with Gasteiger partial charge in [-0.25, -0.2) is 9.97 Å². The lowest BCUT2D eigenvalue weighted by Gasteiger charge is -2.09. The highest BCUT2D eigenvalue weighted by atomic mass is 16.5. The van der Waals surface area contributed by atoms with Crippen molar-refractivity contribution in [2.24, 2.45) is 0 Å². The number of para-hydroxylation sites is 2. The maximum absolute atomic E-state index is 5.20. The first-order chi connectivity index (χ1) is 12.8. The number of anilines is 1. The molecule has 0 aliphatic rings. The number of aromatic nitrogens is 2. The molecule has 1 N–H and O–H groups in total. The van der Waals surface area contributed by atoms with Crippen molar-refractivity contribution in [1.29, 1.82) is 0 Å². The monoisotopic (exact) mass is 349 g/mol. The van der Waals surface area contributed by atoms with E-state index < -0.39 is 0 Å². The van der Waals surface area contributed by atoms with Crippen LogP contribution in [0.1, 0.15) is 17.7 Å². The van der Waals surface area contributed by atoms with Crippen molar-refractivity contribution in [1.82, 2.24) is 9.97 Å². The van der Waals surface area contributed by atoms with Crippen LogP contribution in [0.2, 0.25) is 0 Å². The van der Waals surface area contributed by atoms with Gasteiger partial charge in [-0.3, -0.25) is 0 Å². The standard InChI is InChI=1S/C21H23N3O2/c1-25-15-5-14-22-21-20(23-18-6-3-4-7-19(18)24-21)13-10-16-8-11-17(26-2)12-9-16/h3-4,6-13H,5,14-15H2,1-2H3,(H,22,24)/b13-10+. The summed E-state index contributed by atoms with van der Waals surface area (Å²) in [5.41, 5.74) is 3.65. The number of benzene rings is 2. The molecule has 26 heavy (non-hydrogen) atoms. The Morgan fingerprint density at radius 2 is 1.65 bits per heavy atom. The summed E-state index contributed by atoms with van der Waals surface area (Å²) >= 11 is 0. The van der Waals surface area contributed by atoms with E-state index in [9.17, 15) is 0 Å². The zero-order valence-electron chi connectivity index (χ0n) is 15.1. The third-order valence-corrected chi connectivity index (χ3v) is 3.96. The summed E-state index contributed by atoms with van der Waals surface area (Å²) in [7, 11) is 3.37. The minimum atomic E-state index is 0.713. The van der Waals surface area contributed by atoms with Crippen LogP contribution in [0.5, 0.6) is 5.75 Å². The average Bonchev–Trinajstić information content (AvgIpc) is 2.69. The quantitative estimate of drug-likeness (QED) is 0.616. The topological polar surface area (TPSA) is 56.3 Å². The van der Waals surface area contributed by atoms with E-state index in [0.29, 0.717) is 6.61 Å². The van der Waals surface area contributed by atoms with Gasteiger partial charge >= 0.3 is 0 Å². The van der Waals surface area contributed by atoms with Crippen LogP contribution in [-0.4, -0.2) is 37.3 Å². The second-order valence-corrected chi connectivity index (χ2v) is 5.83. The van der Waals surface area contributed by atoms with Gasteiger partial charge in [0.25, 0.3) is 0 Å². The van der Waals surface area contributed by atoms with Crippen molar-refractivity contribution in [2.75, 3.05) is 32.7 Å². The Morgan fingerprint density at radius 1 is 0.923 bits per heavy atom. The fraction of sp³-hybridized carbons (Fsp3) is 0.238. The zero-order valence-corrected chi connectivity index (χ0v) is 15.1. The molecule has 5 heteroatoms. The molecule has 0 bridgehead atoms. The second-order valence-electron chi connectivity index (χ2n) is 5.83. The second kappa shape index (κ2) is 8.97. The molecule has 5 nitrogen and oxygen atoms in total. The molecule has 3 rings (SSSR count). The van der Waals surface area contributed by atoms with E-state index in [1.54, 1.807) is 14.2 Å². The van der Waals surface area contributed by atoms with Crippen molar-refractivity contribution < 1.29 is 9.47 Å². The summed E-state index contributed by atoms with van der Waals surface area (Å²) in [5.74, 6) is 1.62. The zero-order chi connectivity index (χ0) is 18.2. The first kappa shape index (κ1) is 17.9. The molecule has 0 unspecified atom stereocenters. The predicted molar refractivity (Wildman–Crippen MR) is 106 cm³/mol. The number of ether oxygens (including phenoxy) is 2. The Morgan fingerprint density at radius 3 is 2.35 bits per heavy atom. The molecule has 0 saturated heterocycles. The van der Waals surface area contributed by atoms with Crippen LogP contribution in [0.4, 0.5) is 5.82 Å². The Kier molecular flexibility index (Phi) is 6.17. The highest BCUT2D eigenvalue weighted by Gasteiger charge is 2.06. The Balaban J connectivity index is 1.86. The van der Waals surface area contributed by atoms with E-state index in [1.807, 2.05) is 60.7 Å². The molecule has 0 atom stereocenters. The Labute approximate surface area is 153 Å². The van der Waals surface area contributed by atoms with Gasteiger partial charge in [0.1, 0.15) is 11.4 Å². The van der Waals surface area contributed by atoms with E-state index in [2.05, 4.69) is 5.32 Å². The van der Waals surface area contributed by atoms with Crippen LogP contribution >= 0.6 is 0 Å². The number of nitrogens with one attached hydrogen (secondary N) is 1. The average molecular weight is 349 g/mol. The van der Waals surface area contributed by atoms with Crippen molar-refractivity contribution in [3.05, 3.63) is 59.8 Å². The molecule has 0 radical (unpaired) electrons. The molecule has 2 aromatic carbocycles. The minimum Gasteiger partial charge on any atom is -0.497 e. The molecule has 0 aliphatic carbocycles. The predicted octanol–water partition coefficient (Wildman–Crippen LogP) is 4.26. The molecule has 1 heterocycles. The molecule has 0 spiro atoms. The van der Waals surface area contributed by atoms with Crippen molar-refractivity contribution in [3.63, 3.8) is 0 Å². The number of hydrogen-bond donors (Lipinski definition) is 1. The van der Waals surface area contributed by atoms with Crippen LogP contribution in [0.15, 0.2) is 48.5 Å². The fourth-order valence-corrected chi connectivity index (χ4v) is 2.57. The highest BCUT2D eigenvalue weighted by molar-refractivity contribution is 5.81. The number of rotatable bonds is 8. The van der Waals surface area contributed by atoms with E-state index in [1.165, 1.54) is 0 Å². The van der Waals surface area contributed by atoms with Gasteiger partial charge < -0.3 is 14.8 Å². The molecule has 3 aromatic rings. The first-order valence-corrected chi connectivity index (χ1v) is 8.62. The van der Waals surface area contributed by atoms with Gasteiger partial charge in [-0.1, -0.05) is 30.3 Å². The van der Waals surface area contributed by atoms with E-state index >= 15 is 0 Å². The fourth-order valence-electron chi connectivity index (χ4n) is 2.57. The van der Waals surface area contributed by atoms with E-state index in [-0.39, 0.29) is 0 Å². The molecule has 0 saturated carbocycles. The first-order valence-electron chi connectivity index (χ1n) is 8.62. The molecule has 0 fully saturated rings. The lowest BCUT2D eigenvalue weighted by molar-refractivity contribution is 0.198. The molecular weight excluding hydrogens is 326 g/mol. The maximum Gasteiger partial charge on any atom is 0.152 e. The Hall–Kier alpha value is -2.92. The number of nitrogens with zero attached hydrogens (tertiary/aromatic N) is 2. The summed E-state index contributed by atoms with van der Waals surface area (Å²) in [4.78, 5) is 9.48. The number of methoxy groups -OCH3 is 2. The van der Waals surface area contributed by atoms with Crippen LogP contribution < -0.4 is 10.1 Å². The molecular formula is C21H23N3O2. The summed E-state index contributed by atoms with van der Waals surface area (Å²) in [6.45, 7) is 1.50. The Bertz CT molecular complexity index is 876. The minimum absolute atomic E-state index is 0.713. The van der Waals surface area contributed by atoms with Crippen LogP contribution in [0.3, 0.4) is 0 Å². The lowest BCUT2D eigenvalue weighted by Crippen LogP contribution is -2.08. The number of fused-ring (bicyclic) bond motifs is 1. The smallest absolute Gasteiger partial charge is 0.152 e. The summed E-state index contributed by atoms with van der Waals surface area (Å²) in [6, 6.07) is 15.8. The number of hydrogen-bond acceptors (Lipinski definition) is 5. The normalized spacial score (nSPS) is 11.2. The van der Waals surface area contributed by atoms with Crippen LogP contribution in [0.25, 0.3) is 23.2 Å². The lowest BCUT2D eigenvalue weighted by atomic mass is 10.2. The van der Waals surface area contributed by atoms with Crippen molar-refractivity contribution in [3.8, 4) is 5.75 Å². The third-order valence-electron chi connectivity index (χ3n) is 3.96. The van der Waals surface area contributed by atoms with Gasteiger partial charge in [-0.15, -0.1) is 0 Å². The summed E-state index contributed by atoms with van der Waals surface area (Å²) in [6.07, 6.45) is 4.92. The van der Waals surface area contributed by atoms with E-state index in [4.69, 9.17) is 19.4 Å². The maximum atomic E-state index is 5.20. The van der Waals surface area contributed by atoms with Crippen LogP contribution in [0, 0.1) is 0 Å². The molecule has 0 aliphatic heterocycles.